The number of hydrogen-bond acceptors (Lipinski definition) is 5. The van der Waals surface area contributed by atoms with Crippen LogP contribution >= 0.6 is 11.8 Å². The van der Waals surface area contributed by atoms with Crippen molar-refractivity contribution in [2.24, 2.45) is 0 Å². The number of aromatic nitrogens is 2. The Bertz CT molecular complexity index is 908. The van der Waals surface area contributed by atoms with E-state index in [9.17, 15) is 4.79 Å². The molecule has 1 amide bonds. The largest absolute Gasteiger partial charge is 0.355 e. The van der Waals surface area contributed by atoms with Crippen molar-refractivity contribution >= 4 is 23.5 Å². The third-order valence-electron chi connectivity index (χ3n) is 4.77. The summed E-state index contributed by atoms with van der Waals surface area (Å²) in [6, 6.07) is 15.6. The van der Waals surface area contributed by atoms with Crippen LogP contribution in [-0.2, 0) is 6.54 Å². The van der Waals surface area contributed by atoms with Crippen molar-refractivity contribution in [1.29, 1.82) is 0 Å². The maximum atomic E-state index is 12.3. The van der Waals surface area contributed by atoms with Crippen molar-refractivity contribution in [3.8, 4) is 11.1 Å². The highest BCUT2D eigenvalue weighted by Gasteiger charge is 2.12. The monoisotopic (exact) mass is 390 g/mol. The Balaban J connectivity index is 1.39. The molecule has 3 heterocycles. The van der Waals surface area contributed by atoms with Crippen LogP contribution in [0, 0.1) is 0 Å². The number of pyridine rings is 2. The number of amides is 1. The minimum atomic E-state index is -0.0835. The average molecular weight is 391 g/mol. The van der Waals surface area contributed by atoms with Gasteiger partial charge in [0.25, 0.3) is 5.91 Å². The first kappa shape index (κ1) is 18.5. The van der Waals surface area contributed by atoms with Crippen LogP contribution < -0.4 is 10.2 Å². The summed E-state index contributed by atoms with van der Waals surface area (Å²) in [5.74, 6) is 3.28. The van der Waals surface area contributed by atoms with E-state index in [4.69, 9.17) is 0 Å². The summed E-state index contributed by atoms with van der Waals surface area (Å²) in [4.78, 5) is 23.3. The highest BCUT2D eigenvalue weighted by Crippen LogP contribution is 2.23. The second-order valence-corrected chi connectivity index (χ2v) is 7.84. The number of nitrogens with one attached hydrogen (secondary N) is 1. The number of anilines is 1. The van der Waals surface area contributed by atoms with E-state index in [2.05, 4.69) is 32.3 Å². The van der Waals surface area contributed by atoms with Crippen molar-refractivity contribution in [3.63, 3.8) is 0 Å². The van der Waals surface area contributed by atoms with Crippen molar-refractivity contribution in [2.45, 2.75) is 6.54 Å². The van der Waals surface area contributed by atoms with E-state index >= 15 is 0 Å². The van der Waals surface area contributed by atoms with Crippen LogP contribution in [0.25, 0.3) is 11.1 Å². The highest BCUT2D eigenvalue weighted by atomic mass is 32.2. The lowest BCUT2D eigenvalue weighted by molar-refractivity contribution is 0.0951. The zero-order valence-electron chi connectivity index (χ0n) is 15.5. The van der Waals surface area contributed by atoms with Gasteiger partial charge >= 0.3 is 0 Å². The fourth-order valence-corrected chi connectivity index (χ4v) is 4.04. The molecule has 3 aromatic rings. The average Bonchev–Trinajstić information content (AvgIpc) is 2.79. The highest BCUT2D eigenvalue weighted by molar-refractivity contribution is 7.99. The summed E-state index contributed by atoms with van der Waals surface area (Å²) in [6.45, 7) is 2.60. The zero-order chi connectivity index (χ0) is 19.2. The Morgan fingerprint density at radius 3 is 2.36 bits per heavy atom. The summed E-state index contributed by atoms with van der Waals surface area (Å²) < 4.78 is 0. The molecule has 28 heavy (non-hydrogen) atoms. The summed E-state index contributed by atoms with van der Waals surface area (Å²) in [5.41, 5.74) is 3.78. The topological polar surface area (TPSA) is 58.1 Å². The Labute approximate surface area is 169 Å². The standard InChI is InChI=1S/C22H22N4OS/c27-22(25-15-17-7-9-23-10-8-17)19-3-1-18(2-4-19)20-5-6-21(24-16-20)26-11-13-28-14-12-26/h1-10,16H,11-15H2,(H,25,27). The molecule has 1 aliphatic heterocycles. The molecule has 5 nitrogen and oxygen atoms in total. The molecule has 0 spiro atoms. The molecule has 1 aliphatic rings. The lowest BCUT2D eigenvalue weighted by atomic mass is 10.1. The first-order chi connectivity index (χ1) is 13.8. The molecule has 2 aromatic heterocycles. The molecular formula is C22H22N4OS. The molecule has 0 bridgehead atoms. The Morgan fingerprint density at radius 2 is 1.68 bits per heavy atom. The second-order valence-electron chi connectivity index (χ2n) is 6.62. The van der Waals surface area contributed by atoms with E-state index in [0.717, 1.165) is 47.1 Å². The Hall–Kier alpha value is -2.86. The first-order valence-electron chi connectivity index (χ1n) is 9.36. The fraction of sp³-hybridized carbons (Fsp3) is 0.227. The van der Waals surface area contributed by atoms with E-state index in [1.54, 1.807) is 12.4 Å². The lowest BCUT2D eigenvalue weighted by Gasteiger charge is -2.27. The minimum absolute atomic E-state index is 0.0835. The number of benzene rings is 1. The molecule has 0 radical (unpaired) electrons. The van der Waals surface area contributed by atoms with E-state index in [0.29, 0.717) is 12.1 Å². The number of carbonyl (C=O) groups excluding carboxylic acids is 1. The molecule has 1 N–H and O–H groups in total. The molecule has 4 rings (SSSR count). The minimum Gasteiger partial charge on any atom is -0.355 e. The molecule has 1 fully saturated rings. The van der Waals surface area contributed by atoms with Crippen LogP contribution in [0.1, 0.15) is 15.9 Å². The van der Waals surface area contributed by atoms with Gasteiger partial charge in [0.2, 0.25) is 0 Å². The maximum Gasteiger partial charge on any atom is 0.251 e. The summed E-state index contributed by atoms with van der Waals surface area (Å²) in [6.07, 6.45) is 5.36. The Kier molecular flexibility index (Phi) is 5.87. The zero-order valence-corrected chi connectivity index (χ0v) is 16.4. The molecular weight excluding hydrogens is 368 g/mol. The van der Waals surface area contributed by atoms with Crippen LogP contribution in [0.5, 0.6) is 0 Å². The van der Waals surface area contributed by atoms with Gasteiger partial charge in [0, 0.05) is 60.9 Å². The molecule has 0 atom stereocenters. The number of thioether (sulfide) groups is 1. The van der Waals surface area contributed by atoms with Gasteiger partial charge in [-0.25, -0.2) is 4.98 Å². The molecule has 1 saturated heterocycles. The molecule has 142 valence electrons. The maximum absolute atomic E-state index is 12.3. The Morgan fingerprint density at radius 1 is 0.964 bits per heavy atom. The first-order valence-corrected chi connectivity index (χ1v) is 10.5. The van der Waals surface area contributed by atoms with Gasteiger partial charge in [0.05, 0.1) is 0 Å². The number of carbonyl (C=O) groups is 1. The van der Waals surface area contributed by atoms with Crippen LogP contribution in [0.2, 0.25) is 0 Å². The van der Waals surface area contributed by atoms with E-state index < -0.39 is 0 Å². The fourth-order valence-electron chi connectivity index (χ4n) is 3.14. The summed E-state index contributed by atoms with van der Waals surface area (Å²) in [7, 11) is 0. The third-order valence-corrected chi connectivity index (χ3v) is 5.71. The second kappa shape index (κ2) is 8.89. The van der Waals surface area contributed by atoms with Gasteiger partial charge in [-0.2, -0.15) is 11.8 Å². The smallest absolute Gasteiger partial charge is 0.251 e. The number of hydrogen-bond donors (Lipinski definition) is 1. The van der Waals surface area contributed by atoms with Gasteiger partial charge in [0.1, 0.15) is 5.82 Å². The number of rotatable bonds is 5. The van der Waals surface area contributed by atoms with Crippen LogP contribution in [0.15, 0.2) is 67.1 Å². The van der Waals surface area contributed by atoms with E-state index in [-0.39, 0.29) is 5.91 Å². The van der Waals surface area contributed by atoms with E-state index in [1.807, 2.05) is 54.4 Å². The van der Waals surface area contributed by atoms with Gasteiger partial charge in [-0.05, 0) is 47.5 Å². The van der Waals surface area contributed by atoms with Crippen LogP contribution in [0.3, 0.4) is 0 Å². The molecule has 1 aromatic carbocycles. The third kappa shape index (κ3) is 4.51. The molecule has 0 unspecified atom stereocenters. The summed E-state index contributed by atoms with van der Waals surface area (Å²) in [5, 5.41) is 2.93. The lowest BCUT2D eigenvalue weighted by Crippen LogP contribution is -2.32. The molecule has 0 aliphatic carbocycles. The van der Waals surface area contributed by atoms with Crippen molar-refractivity contribution < 1.29 is 4.79 Å². The van der Waals surface area contributed by atoms with Gasteiger partial charge in [-0.15, -0.1) is 0 Å². The van der Waals surface area contributed by atoms with Gasteiger partial charge in [0.15, 0.2) is 0 Å². The normalized spacial score (nSPS) is 13.9. The predicted molar refractivity (Wildman–Crippen MR) is 115 cm³/mol. The van der Waals surface area contributed by atoms with Gasteiger partial charge in [-0.3, -0.25) is 9.78 Å². The van der Waals surface area contributed by atoms with Gasteiger partial charge < -0.3 is 10.2 Å². The van der Waals surface area contributed by atoms with E-state index in [1.165, 1.54) is 0 Å². The van der Waals surface area contributed by atoms with Crippen molar-refractivity contribution in [2.75, 3.05) is 29.5 Å². The van der Waals surface area contributed by atoms with Crippen LogP contribution in [0.4, 0.5) is 5.82 Å². The SMILES string of the molecule is O=C(NCc1ccncc1)c1ccc(-c2ccc(N3CCSCC3)nc2)cc1. The number of nitrogens with zero attached hydrogens (tertiary/aromatic N) is 3. The van der Waals surface area contributed by atoms with Crippen LogP contribution in [-0.4, -0.2) is 40.5 Å². The van der Waals surface area contributed by atoms with Gasteiger partial charge in [-0.1, -0.05) is 12.1 Å². The predicted octanol–water partition coefficient (Wildman–Crippen LogP) is 3.63. The van der Waals surface area contributed by atoms with Crippen molar-refractivity contribution in [1.82, 2.24) is 15.3 Å². The quantitative estimate of drug-likeness (QED) is 0.721. The molecule has 0 saturated carbocycles. The molecule has 6 heteroatoms. The summed E-state index contributed by atoms with van der Waals surface area (Å²) >= 11 is 1.99. The van der Waals surface area contributed by atoms with Crippen molar-refractivity contribution in [3.05, 3.63) is 78.2 Å².